The molecule has 0 saturated carbocycles. The third-order valence-corrected chi connectivity index (χ3v) is 3.05. The second-order valence-electron chi connectivity index (χ2n) is 2.47. The lowest BCUT2D eigenvalue weighted by Crippen LogP contribution is -2.34. The normalized spacial score (nSPS) is 11.7. The molecule has 0 radical (unpaired) electrons. The van der Waals surface area contributed by atoms with Gasteiger partial charge in [-0.1, -0.05) is 46.4 Å². The molecule has 0 atom stereocenters. The van der Waals surface area contributed by atoms with Crippen LogP contribution in [0.1, 0.15) is 0 Å². The largest absolute Gasteiger partial charge is 0.453 e. The van der Waals surface area contributed by atoms with E-state index in [-0.39, 0.29) is 25.8 Å². The lowest BCUT2D eigenvalue weighted by Gasteiger charge is -2.17. The molecule has 3 N–H and O–H groups in total. The molecule has 4 nitrogen and oxygen atoms in total. The molecule has 0 aliphatic heterocycles. The molecule has 0 bridgehead atoms. The summed E-state index contributed by atoms with van der Waals surface area (Å²) < 4.78 is 4.26. The number of benzene rings is 1. The zero-order chi connectivity index (χ0) is 11.8. The smallest absolute Gasteiger partial charge is 0.415 e. The summed E-state index contributed by atoms with van der Waals surface area (Å²) in [6.07, 6.45) is -3.37. The third-order valence-electron chi connectivity index (χ3n) is 1.32. The maximum atomic E-state index is 8.56. The van der Waals surface area contributed by atoms with Crippen LogP contribution >= 0.6 is 46.4 Å². The van der Waals surface area contributed by atoms with E-state index < -0.39 is 6.16 Å². The fourth-order valence-corrected chi connectivity index (χ4v) is 1.59. The maximum Gasteiger partial charge on any atom is 0.453 e. The molecular weight excluding hydrogens is 290 g/mol. The van der Waals surface area contributed by atoms with Gasteiger partial charge in [-0.15, -0.1) is 0 Å². The zero-order valence-corrected chi connectivity index (χ0v) is 9.86. The average molecular weight is 294 g/mol. The fraction of sp³-hybridized carbons (Fsp3) is 0.143. The molecular formula is C7H4Cl4O4. The van der Waals surface area contributed by atoms with Crippen LogP contribution in [0.5, 0.6) is 5.75 Å². The van der Waals surface area contributed by atoms with Crippen LogP contribution in [0.15, 0.2) is 6.07 Å². The summed E-state index contributed by atoms with van der Waals surface area (Å²) in [4.78, 5) is 0. The molecule has 0 aliphatic rings. The Labute approximate surface area is 105 Å². The van der Waals surface area contributed by atoms with Gasteiger partial charge < -0.3 is 20.1 Å². The Bertz CT molecular complexity index is 388. The van der Waals surface area contributed by atoms with E-state index in [9.17, 15) is 0 Å². The molecule has 0 saturated heterocycles. The third kappa shape index (κ3) is 3.26. The Morgan fingerprint density at radius 3 is 1.93 bits per heavy atom. The first kappa shape index (κ1) is 13.1. The molecule has 84 valence electrons. The molecule has 0 amide bonds. The summed E-state index contributed by atoms with van der Waals surface area (Å²) in [5.41, 5.74) is 0. The highest BCUT2D eigenvalue weighted by Crippen LogP contribution is 2.42. The van der Waals surface area contributed by atoms with E-state index in [1.165, 1.54) is 0 Å². The SMILES string of the molecule is OC(O)(O)Oc1cc(Cl)c(Cl)c(Cl)c1Cl. The second kappa shape index (κ2) is 4.51. The molecule has 0 aliphatic carbocycles. The summed E-state index contributed by atoms with van der Waals surface area (Å²) in [5.74, 6) is -0.316. The van der Waals surface area contributed by atoms with Crippen molar-refractivity contribution >= 4 is 46.4 Å². The minimum absolute atomic E-state index is 0.00453. The highest BCUT2D eigenvalue weighted by Gasteiger charge is 2.24. The van der Waals surface area contributed by atoms with Crippen LogP contribution < -0.4 is 4.74 Å². The highest BCUT2D eigenvalue weighted by molar-refractivity contribution is 6.52. The van der Waals surface area contributed by atoms with Crippen LogP contribution in [0.4, 0.5) is 0 Å². The summed E-state index contributed by atoms with van der Waals surface area (Å²) in [7, 11) is 0. The van der Waals surface area contributed by atoms with Crippen LogP contribution in [-0.4, -0.2) is 21.5 Å². The van der Waals surface area contributed by atoms with Crippen LogP contribution in [0.25, 0.3) is 0 Å². The number of rotatable bonds is 2. The predicted molar refractivity (Wildman–Crippen MR) is 56.5 cm³/mol. The predicted octanol–water partition coefficient (Wildman–Crippen LogP) is 2.27. The molecule has 0 heterocycles. The highest BCUT2D eigenvalue weighted by atomic mass is 35.5. The van der Waals surface area contributed by atoms with E-state index in [1.54, 1.807) is 0 Å². The number of hydrogen-bond donors (Lipinski definition) is 3. The fourth-order valence-electron chi connectivity index (χ4n) is 0.773. The molecule has 0 unspecified atom stereocenters. The topological polar surface area (TPSA) is 69.9 Å². The minimum Gasteiger partial charge on any atom is -0.415 e. The molecule has 0 spiro atoms. The monoisotopic (exact) mass is 292 g/mol. The van der Waals surface area contributed by atoms with Crippen LogP contribution in [0, 0.1) is 0 Å². The van der Waals surface area contributed by atoms with Crippen molar-refractivity contribution in [3.05, 3.63) is 26.2 Å². The lowest BCUT2D eigenvalue weighted by atomic mass is 10.3. The van der Waals surface area contributed by atoms with Gasteiger partial charge in [0.1, 0.15) is 10.8 Å². The van der Waals surface area contributed by atoms with Gasteiger partial charge >= 0.3 is 6.16 Å². The van der Waals surface area contributed by atoms with Crippen LogP contribution in [-0.2, 0) is 0 Å². The molecule has 1 rings (SSSR count). The standard InChI is InChI=1S/C7H4Cl4O4/c8-2-1-3(15-7(12,13)14)5(10)6(11)4(2)9/h1,12-14H. The number of halogens is 4. The van der Waals surface area contributed by atoms with Crippen molar-refractivity contribution in [1.29, 1.82) is 0 Å². The average Bonchev–Trinajstić information content (AvgIpc) is 2.08. The van der Waals surface area contributed by atoms with E-state index >= 15 is 0 Å². The van der Waals surface area contributed by atoms with Gasteiger partial charge in [-0.25, -0.2) is 0 Å². The Kier molecular flexibility index (Phi) is 3.95. The number of hydrogen-bond acceptors (Lipinski definition) is 4. The Morgan fingerprint density at radius 2 is 1.47 bits per heavy atom. The van der Waals surface area contributed by atoms with Gasteiger partial charge in [-0.2, -0.15) is 0 Å². The Balaban J connectivity index is 3.21. The van der Waals surface area contributed by atoms with Gasteiger partial charge in [-0.05, 0) is 0 Å². The van der Waals surface area contributed by atoms with Gasteiger partial charge in [0.2, 0.25) is 0 Å². The second-order valence-corrected chi connectivity index (χ2v) is 4.02. The maximum absolute atomic E-state index is 8.56. The van der Waals surface area contributed by atoms with Gasteiger partial charge in [0, 0.05) is 6.07 Å². The summed E-state index contributed by atoms with van der Waals surface area (Å²) in [6, 6.07) is 1.08. The molecule has 0 fully saturated rings. The van der Waals surface area contributed by atoms with E-state index in [0.717, 1.165) is 6.07 Å². The van der Waals surface area contributed by atoms with Gasteiger partial charge in [0.15, 0.2) is 0 Å². The molecule has 8 heteroatoms. The van der Waals surface area contributed by atoms with Crippen molar-refractivity contribution in [2.24, 2.45) is 0 Å². The molecule has 15 heavy (non-hydrogen) atoms. The van der Waals surface area contributed by atoms with E-state index in [2.05, 4.69) is 4.74 Å². The Hall–Kier alpha value is 0.0600. The van der Waals surface area contributed by atoms with E-state index in [0.29, 0.717) is 0 Å². The van der Waals surface area contributed by atoms with Crippen LogP contribution in [0.3, 0.4) is 0 Å². The first-order chi connectivity index (χ1) is 6.72. The number of ether oxygens (including phenoxy) is 1. The summed E-state index contributed by atoms with van der Waals surface area (Å²) in [5, 5.41) is 25.3. The van der Waals surface area contributed by atoms with Crippen LogP contribution in [0.2, 0.25) is 20.1 Å². The molecule has 1 aromatic carbocycles. The van der Waals surface area contributed by atoms with Crippen molar-refractivity contribution in [2.75, 3.05) is 0 Å². The van der Waals surface area contributed by atoms with Crippen molar-refractivity contribution < 1.29 is 20.1 Å². The molecule has 1 aromatic rings. The van der Waals surface area contributed by atoms with Gasteiger partial charge in [0.05, 0.1) is 15.1 Å². The number of aliphatic hydroxyl groups is 3. The lowest BCUT2D eigenvalue weighted by molar-refractivity contribution is -0.419. The minimum atomic E-state index is -3.37. The van der Waals surface area contributed by atoms with Crippen molar-refractivity contribution in [2.45, 2.75) is 6.16 Å². The first-order valence-corrected chi connectivity index (χ1v) is 4.92. The molecule has 0 aromatic heterocycles. The van der Waals surface area contributed by atoms with Gasteiger partial charge in [0.25, 0.3) is 0 Å². The summed E-state index contributed by atoms with van der Waals surface area (Å²) >= 11 is 22.5. The van der Waals surface area contributed by atoms with E-state index in [1.807, 2.05) is 0 Å². The summed E-state index contributed by atoms with van der Waals surface area (Å²) in [6.45, 7) is 0. The van der Waals surface area contributed by atoms with Crippen molar-refractivity contribution in [3.8, 4) is 5.75 Å². The van der Waals surface area contributed by atoms with E-state index in [4.69, 9.17) is 61.7 Å². The van der Waals surface area contributed by atoms with Gasteiger partial charge in [-0.3, -0.25) is 0 Å². The first-order valence-electron chi connectivity index (χ1n) is 3.41. The quantitative estimate of drug-likeness (QED) is 0.444. The Morgan fingerprint density at radius 1 is 0.933 bits per heavy atom. The van der Waals surface area contributed by atoms with Crippen molar-refractivity contribution in [3.63, 3.8) is 0 Å². The van der Waals surface area contributed by atoms with Crippen molar-refractivity contribution in [1.82, 2.24) is 0 Å². The zero-order valence-electron chi connectivity index (χ0n) is 6.84.